The molecule has 0 atom stereocenters. The number of nitrogens with one attached hydrogen (secondary N) is 2. The van der Waals surface area contributed by atoms with Crippen LogP contribution in [0.15, 0.2) is 47.4 Å². The Bertz CT molecular complexity index is 939. The summed E-state index contributed by atoms with van der Waals surface area (Å²) in [6, 6.07) is 13.1. The second-order valence-electron chi connectivity index (χ2n) is 6.46. The Morgan fingerprint density at radius 3 is 2.44 bits per heavy atom. The van der Waals surface area contributed by atoms with Gasteiger partial charge in [-0.1, -0.05) is 18.2 Å². The van der Waals surface area contributed by atoms with Crippen molar-refractivity contribution in [2.45, 2.75) is 18.7 Å². The Labute approximate surface area is 165 Å². The Hall–Kier alpha value is -2.00. The van der Waals surface area contributed by atoms with Gasteiger partial charge in [-0.2, -0.15) is 4.31 Å². The van der Waals surface area contributed by atoms with Gasteiger partial charge in [0.25, 0.3) is 0 Å². The van der Waals surface area contributed by atoms with E-state index in [1.54, 1.807) is 12.1 Å². The number of aryl methyl sites for hydroxylation is 2. The van der Waals surface area contributed by atoms with E-state index in [4.69, 9.17) is 17.0 Å². The van der Waals surface area contributed by atoms with Crippen LogP contribution < -0.4 is 10.6 Å². The van der Waals surface area contributed by atoms with Crippen LogP contribution in [0, 0.1) is 13.8 Å². The van der Waals surface area contributed by atoms with Crippen molar-refractivity contribution in [1.29, 1.82) is 0 Å². The maximum Gasteiger partial charge on any atom is 0.245 e. The Balaban J connectivity index is 1.84. The standard InChI is InChI=1S/C19H23N3O3S2/c1-14-4-3-5-16(12-14)20-19(26)21-17-7-6-15(2)13-18(17)27(23,24)22-8-10-25-11-9-22/h3-7,12-13H,8-11H2,1-2H3,(H2,20,21,26). The van der Waals surface area contributed by atoms with Crippen molar-refractivity contribution in [3.8, 4) is 0 Å². The number of anilines is 2. The number of ether oxygens (including phenoxy) is 1. The zero-order chi connectivity index (χ0) is 19.4. The van der Waals surface area contributed by atoms with Crippen LogP contribution in [0.1, 0.15) is 11.1 Å². The van der Waals surface area contributed by atoms with Crippen molar-refractivity contribution >= 4 is 38.7 Å². The van der Waals surface area contributed by atoms with Gasteiger partial charge in [0, 0.05) is 18.8 Å². The molecule has 8 heteroatoms. The quantitative estimate of drug-likeness (QED) is 0.762. The lowest BCUT2D eigenvalue weighted by molar-refractivity contribution is 0.0730. The fourth-order valence-corrected chi connectivity index (χ4v) is 4.75. The van der Waals surface area contributed by atoms with Crippen LogP contribution in [0.4, 0.5) is 11.4 Å². The highest BCUT2D eigenvalue weighted by Crippen LogP contribution is 2.27. The van der Waals surface area contributed by atoms with Gasteiger partial charge in [-0.15, -0.1) is 0 Å². The predicted molar refractivity (Wildman–Crippen MR) is 112 cm³/mol. The van der Waals surface area contributed by atoms with E-state index in [1.165, 1.54) is 4.31 Å². The summed E-state index contributed by atoms with van der Waals surface area (Å²) in [6.45, 7) is 5.37. The zero-order valence-corrected chi connectivity index (χ0v) is 17.0. The molecule has 0 aliphatic carbocycles. The van der Waals surface area contributed by atoms with Crippen LogP contribution in [-0.4, -0.2) is 44.1 Å². The van der Waals surface area contributed by atoms with Crippen molar-refractivity contribution in [3.63, 3.8) is 0 Å². The number of morpholine rings is 1. The smallest absolute Gasteiger partial charge is 0.245 e. The monoisotopic (exact) mass is 405 g/mol. The first-order valence-corrected chi connectivity index (χ1v) is 10.5. The van der Waals surface area contributed by atoms with E-state index in [9.17, 15) is 8.42 Å². The average molecular weight is 406 g/mol. The van der Waals surface area contributed by atoms with E-state index in [-0.39, 0.29) is 4.90 Å². The molecule has 6 nitrogen and oxygen atoms in total. The fraction of sp³-hybridized carbons (Fsp3) is 0.316. The van der Waals surface area contributed by atoms with E-state index < -0.39 is 10.0 Å². The zero-order valence-electron chi connectivity index (χ0n) is 15.4. The molecule has 0 bridgehead atoms. The molecule has 3 rings (SSSR count). The van der Waals surface area contributed by atoms with Gasteiger partial charge in [-0.3, -0.25) is 0 Å². The van der Waals surface area contributed by atoms with E-state index >= 15 is 0 Å². The number of thiocarbonyl (C=S) groups is 1. The molecule has 0 saturated carbocycles. The predicted octanol–water partition coefficient (Wildman–Crippen LogP) is 3.13. The third kappa shape index (κ3) is 4.84. The van der Waals surface area contributed by atoms with Crippen LogP contribution in [-0.2, 0) is 14.8 Å². The van der Waals surface area contributed by atoms with Gasteiger partial charge in [0.1, 0.15) is 4.90 Å². The molecule has 1 heterocycles. The molecule has 0 aromatic heterocycles. The third-order valence-electron chi connectivity index (χ3n) is 4.25. The van der Waals surface area contributed by atoms with E-state index in [1.807, 2.05) is 44.2 Å². The molecule has 0 unspecified atom stereocenters. The van der Waals surface area contributed by atoms with E-state index in [2.05, 4.69) is 10.6 Å². The molecule has 144 valence electrons. The highest BCUT2D eigenvalue weighted by atomic mass is 32.2. The number of nitrogens with zero attached hydrogens (tertiary/aromatic N) is 1. The second-order valence-corrected chi connectivity index (χ2v) is 8.78. The molecule has 2 N–H and O–H groups in total. The highest BCUT2D eigenvalue weighted by Gasteiger charge is 2.29. The summed E-state index contributed by atoms with van der Waals surface area (Å²) >= 11 is 5.38. The summed E-state index contributed by atoms with van der Waals surface area (Å²) in [7, 11) is -3.64. The van der Waals surface area contributed by atoms with Crippen LogP contribution >= 0.6 is 12.2 Å². The second kappa shape index (κ2) is 8.35. The molecule has 0 spiro atoms. The normalized spacial score (nSPS) is 15.3. The summed E-state index contributed by atoms with van der Waals surface area (Å²) in [4.78, 5) is 0.220. The van der Waals surface area contributed by atoms with E-state index in [0.717, 1.165) is 16.8 Å². The summed E-state index contributed by atoms with van der Waals surface area (Å²) in [5.74, 6) is 0. The largest absolute Gasteiger partial charge is 0.379 e. The third-order valence-corrected chi connectivity index (χ3v) is 6.39. The lowest BCUT2D eigenvalue weighted by atomic mass is 10.2. The van der Waals surface area contributed by atoms with Crippen molar-refractivity contribution < 1.29 is 13.2 Å². The molecule has 1 aliphatic rings. The van der Waals surface area contributed by atoms with Gasteiger partial charge < -0.3 is 15.4 Å². The molecular formula is C19H23N3O3S2. The van der Waals surface area contributed by atoms with Crippen molar-refractivity contribution in [2.24, 2.45) is 0 Å². The first kappa shape index (κ1) is 19.8. The number of sulfonamides is 1. The van der Waals surface area contributed by atoms with Gasteiger partial charge >= 0.3 is 0 Å². The summed E-state index contributed by atoms with van der Waals surface area (Å²) in [5.41, 5.74) is 3.27. The lowest BCUT2D eigenvalue weighted by Crippen LogP contribution is -2.41. The Morgan fingerprint density at radius 1 is 1.04 bits per heavy atom. The Morgan fingerprint density at radius 2 is 1.74 bits per heavy atom. The number of hydrogen-bond donors (Lipinski definition) is 2. The molecule has 0 radical (unpaired) electrons. The molecule has 1 saturated heterocycles. The van der Waals surface area contributed by atoms with Gasteiger partial charge in [-0.25, -0.2) is 8.42 Å². The van der Waals surface area contributed by atoms with Gasteiger partial charge in [0.2, 0.25) is 10.0 Å². The Kier molecular flexibility index (Phi) is 6.11. The maximum atomic E-state index is 13.1. The molecule has 0 amide bonds. The highest BCUT2D eigenvalue weighted by molar-refractivity contribution is 7.89. The first-order valence-electron chi connectivity index (χ1n) is 8.69. The summed E-state index contributed by atoms with van der Waals surface area (Å²) in [5, 5.41) is 6.47. The molecule has 1 aliphatic heterocycles. The topological polar surface area (TPSA) is 70.7 Å². The minimum atomic E-state index is -3.64. The molecular weight excluding hydrogens is 382 g/mol. The van der Waals surface area contributed by atoms with Crippen LogP contribution in [0.2, 0.25) is 0 Å². The molecule has 2 aromatic carbocycles. The van der Waals surface area contributed by atoms with Crippen LogP contribution in [0.25, 0.3) is 0 Å². The van der Waals surface area contributed by atoms with E-state index in [0.29, 0.717) is 37.1 Å². The van der Waals surface area contributed by atoms with Crippen molar-refractivity contribution in [2.75, 3.05) is 36.9 Å². The van der Waals surface area contributed by atoms with Crippen LogP contribution in [0.3, 0.4) is 0 Å². The molecule has 1 fully saturated rings. The minimum absolute atomic E-state index is 0.220. The summed E-state index contributed by atoms with van der Waals surface area (Å²) < 4.78 is 32.9. The van der Waals surface area contributed by atoms with Gasteiger partial charge in [0.15, 0.2) is 5.11 Å². The maximum absolute atomic E-state index is 13.1. The number of benzene rings is 2. The van der Waals surface area contributed by atoms with Crippen molar-refractivity contribution in [1.82, 2.24) is 4.31 Å². The van der Waals surface area contributed by atoms with Crippen LogP contribution in [0.5, 0.6) is 0 Å². The van der Waals surface area contributed by atoms with Crippen molar-refractivity contribution in [3.05, 3.63) is 53.6 Å². The average Bonchev–Trinajstić information content (AvgIpc) is 2.64. The molecule has 2 aromatic rings. The summed E-state index contributed by atoms with van der Waals surface area (Å²) in [6.07, 6.45) is 0. The van der Waals surface area contributed by atoms with Gasteiger partial charge in [-0.05, 0) is 61.5 Å². The van der Waals surface area contributed by atoms with Gasteiger partial charge in [0.05, 0.1) is 18.9 Å². The SMILES string of the molecule is Cc1cccc(NC(=S)Nc2ccc(C)cc2S(=O)(=O)N2CCOCC2)c1. The minimum Gasteiger partial charge on any atom is -0.379 e. The number of hydrogen-bond acceptors (Lipinski definition) is 4. The lowest BCUT2D eigenvalue weighted by Gasteiger charge is -2.27. The molecule has 27 heavy (non-hydrogen) atoms. The fourth-order valence-electron chi connectivity index (χ4n) is 2.88. The first-order chi connectivity index (χ1) is 12.9. The number of rotatable bonds is 4.